The fourth-order valence-corrected chi connectivity index (χ4v) is 2.64. The zero-order valence-electron chi connectivity index (χ0n) is 10.0. The number of aliphatic hydroxyl groups excluding tert-OH is 1. The topological polar surface area (TPSA) is 20.2 Å². The van der Waals surface area contributed by atoms with Crippen LogP contribution in [-0.4, -0.2) is 5.11 Å². The van der Waals surface area contributed by atoms with Crippen LogP contribution in [0.25, 0.3) is 0 Å². The molecule has 2 aromatic carbocycles. The third-order valence-electron chi connectivity index (χ3n) is 2.57. The van der Waals surface area contributed by atoms with E-state index in [4.69, 9.17) is 0 Å². The summed E-state index contributed by atoms with van der Waals surface area (Å²) in [5.74, 6) is -0.811. The van der Waals surface area contributed by atoms with Crippen molar-refractivity contribution in [2.75, 3.05) is 0 Å². The minimum absolute atomic E-state index is 0.187. The lowest BCUT2D eigenvalue weighted by Crippen LogP contribution is -1.99. The molecule has 0 spiro atoms. The number of rotatable bonds is 4. The van der Waals surface area contributed by atoms with Gasteiger partial charge in [-0.3, -0.25) is 0 Å². The summed E-state index contributed by atoms with van der Waals surface area (Å²) in [7, 11) is 0. The van der Waals surface area contributed by atoms with Crippen molar-refractivity contribution in [3.05, 3.63) is 72.3 Å². The molecule has 0 fully saturated rings. The van der Waals surface area contributed by atoms with E-state index in [1.165, 1.54) is 36.0 Å². The first-order valence-electron chi connectivity index (χ1n) is 5.64. The Kier molecular flexibility index (Phi) is 4.35. The molecular weight excluding hydrogens is 266 g/mol. The highest BCUT2D eigenvalue weighted by atomic mass is 32.2. The Bertz CT molecular complexity index is 581. The normalized spacial score (nSPS) is 12.2. The van der Waals surface area contributed by atoms with Crippen LogP contribution in [0.15, 0.2) is 64.9 Å². The van der Waals surface area contributed by atoms with Crippen molar-refractivity contribution < 1.29 is 13.9 Å². The highest BCUT2D eigenvalue weighted by molar-refractivity contribution is 7.99. The van der Waals surface area contributed by atoms with Gasteiger partial charge in [0.15, 0.2) is 0 Å². The van der Waals surface area contributed by atoms with Gasteiger partial charge >= 0.3 is 0 Å². The molecule has 0 saturated carbocycles. The average Bonchev–Trinajstić information content (AvgIpc) is 2.41. The maximum atomic E-state index is 13.8. The van der Waals surface area contributed by atoms with Crippen LogP contribution >= 0.6 is 11.8 Å². The Morgan fingerprint density at radius 3 is 2.42 bits per heavy atom. The van der Waals surface area contributed by atoms with Gasteiger partial charge in [0.25, 0.3) is 0 Å². The Balaban J connectivity index is 2.37. The second kappa shape index (κ2) is 5.99. The van der Waals surface area contributed by atoms with Crippen LogP contribution in [0.4, 0.5) is 8.78 Å². The van der Waals surface area contributed by atoms with E-state index < -0.39 is 11.9 Å². The number of benzene rings is 2. The number of halogens is 2. The van der Waals surface area contributed by atoms with Crippen molar-refractivity contribution in [2.24, 2.45) is 0 Å². The summed E-state index contributed by atoms with van der Waals surface area (Å²) < 4.78 is 26.6. The quantitative estimate of drug-likeness (QED) is 0.840. The minimum atomic E-state index is -1.07. The molecule has 98 valence electrons. The Labute approximate surface area is 114 Å². The van der Waals surface area contributed by atoms with Crippen LogP contribution in [0.2, 0.25) is 0 Å². The van der Waals surface area contributed by atoms with Gasteiger partial charge in [-0.2, -0.15) is 0 Å². The third kappa shape index (κ3) is 3.22. The standard InChI is InChI=1S/C15H12F2OS/c1-2-13(18)15-12(17)4-3-5-14(15)19-11-8-6-10(16)7-9-11/h2-9,13,18H,1H2. The van der Waals surface area contributed by atoms with E-state index in [1.807, 2.05) is 0 Å². The lowest BCUT2D eigenvalue weighted by Gasteiger charge is -2.13. The van der Waals surface area contributed by atoms with Gasteiger partial charge < -0.3 is 5.11 Å². The summed E-state index contributed by atoms with van der Waals surface area (Å²) in [6.07, 6.45) is 0.205. The number of hydrogen-bond acceptors (Lipinski definition) is 2. The van der Waals surface area contributed by atoms with Gasteiger partial charge in [0, 0.05) is 15.4 Å². The van der Waals surface area contributed by atoms with Crippen LogP contribution in [0.1, 0.15) is 11.7 Å². The van der Waals surface area contributed by atoms with Crippen molar-refractivity contribution in [3.8, 4) is 0 Å². The van der Waals surface area contributed by atoms with Crippen LogP contribution in [0, 0.1) is 11.6 Å². The summed E-state index contributed by atoms with van der Waals surface area (Å²) in [5.41, 5.74) is 0.187. The van der Waals surface area contributed by atoms with Crippen LogP contribution in [0.5, 0.6) is 0 Å². The first-order valence-corrected chi connectivity index (χ1v) is 6.46. The Morgan fingerprint density at radius 2 is 1.79 bits per heavy atom. The third-order valence-corrected chi connectivity index (χ3v) is 3.66. The molecule has 19 heavy (non-hydrogen) atoms. The number of aliphatic hydroxyl groups is 1. The molecule has 0 aromatic heterocycles. The molecule has 0 aliphatic rings. The largest absolute Gasteiger partial charge is 0.384 e. The summed E-state index contributed by atoms with van der Waals surface area (Å²) in [5, 5.41) is 9.78. The zero-order chi connectivity index (χ0) is 13.8. The van der Waals surface area contributed by atoms with E-state index >= 15 is 0 Å². The fraction of sp³-hybridized carbons (Fsp3) is 0.0667. The smallest absolute Gasteiger partial charge is 0.130 e. The second-order valence-electron chi connectivity index (χ2n) is 3.89. The summed E-state index contributed by atoms with van der Waals surface area (Å²) in [4.78, 5) is 1.35. The lowest BCUT2D eigenvalue weighted by atomic mass is 10.1. The monoisotopic (exact) mass is 278 g/mol. The minimum Gasteiger partial charge on any atom is -0.384 e. The first-order chi connectivity index (χ1) is 9.11. The molecule has 1 nitrogen and oxygen atoms in total. The summed E-state index contributed by atoms with van der Waals surface area (Å²) in [6.45, 7) is 3.46. The molecule has 1 N–H and O–H groups in total. The van der Waals surface area contributed by atoms with E-state index in [0.29, 0.717) is 4.90 Å². The molecule has 0 bridgehead atoms. The highest BCUT2D eigenvalue weighted by Gasteiger charge is 2.15. The van der Waals surface area contributed by atoms with Gasteiger partial charge in [0.1, 0.15) is 17.7 Å². The Morgan fingerprint density at radius 1 is 1.11 bits per heavy atom. The molecule has 2 rings (SSSR count). The van der Waals surface area contributed by atoms with E-state index in [1.54, 1.807) is 24.3 Å². The van der Waals surface area contributed by atoms with Crippen molar-refractivity contribution in [1.29, 1.82) is 0 Å². The molecule has 2 aromatic rings. The average molecular weight is 278 g/mol. The van der Waals surface area contributed by atoms with Gasteiger partial charge in [-0.15, -0.1) is 6.58 Å². The molecule has 0 heterocycles. The van der Waals surface area contributed by atoms with E-state index in [-0.39, 0.29) is 11.4 Å². The first kappa shape index (κ1) is 13.8. The van der Waals surface area contributed by atoms with Crippen molar-refractivity contribution in [2.45, 2.75) is 15.9 Å². The maximum absolute atomic E-state index is 13.8. The molecule has 1 atom stereocenters. The van der Waals surface area contributed by atoms with Crippen molar-refractivity contribution in [3.63, 3.8) is 0 Å². The van der Waals surface area contributed by atoms with E-state index in [0.717, 1.165) is 4.90 Å². The molecule has 1 unspecified atom stereocenters. The maximum Gasteiger partial charge on any atom is 0.130 e. The van der Waals surface area contributed by atoms with Gasteiger partial charge in [-0.05, 0) is 36.4 Å². The highest BCUT2D eigenvalue weighted by Crippen LogP contribution is 2.35. The summed E-state index contributed by atoms with van der Waals surface area (Å²) in [6, 6.07) is 10.5. The van der Waals surface area contributed by atoms with Gasteiger partial charge in [0.05, 0.1) is 0 Å². The molecule has 0 aliphatic heterocycles. The van der Waals surface area contributed by atoms with E-state index in [9.17, 15) is 13.9 Å². The molecule has 0 radical (unpaired) electrons. The van der Waals surface area contributed by atoms with Gasteiger partial charge in [0.2, 0.25) is 0 Å². The zero-order valence-corrected chi connectivity index (χ0v) is 10.8. The van der Waals surface area contributed by atoms with Gasteiger partial charge in [-0.1, -0.05) is 23.9 Å². The fourth-order valence-electron chi connectivity index (χ4n) is 1.64. The Hall–Kier alpha value is -1.65. The molecular formula is C15H12F2OS. The van der Waals surface area contributed by atoms with Crippen LogP contribution in [-0.2, 0) is 0 Å². The van der Waals surface area contributed by atoms with Crippen LogP contribution < -0.4 is 0 Å². The molecule has 0 aliphatic carbocycles. The predicted molar refractivity (Wildman–Crippen MR) is 72.1 cm³/mol. The van der Waals surface area contributed by atoms with Crippen molar-refractivity contribution in [1.82, 2.24) is 0 Å². The lowest BCUT2D eigenvalue weighted by molar-refractivity contribution is 0.220. The summed E-state index contributed by atoms with van der Waals surface area (Å²) >= 11 is 1.27. The SMILES string of the molecule is C=CC(O)c1c(F)cccc1Sc1ccc(F)cc1. The van der Waals surface area contributed by atoms with Gasteiger partial charge in [-0.25, -0.2) is 8.78 Å². The second-order valence-corrected chi connectivity index (χ2v) is 5.00. The van der Waals surface area contributed by atoms with E-state index in [2.05, 4.69) is 6.58 Å². The van der Waals surface area contributed by atoms with Crippen molar-refractivity contribution >= 4 is 11.8 Å². The molecule has 0 saturated heterocycles. The number of hydrogen-bond donors (Lipinski definition) is 1. The predicted octanol–water partition coefficient (Wildman–Crippen LogP) is 4.34. The molecule has 0 amide bonds. The van der Waals surface area contributed by atoms with Crippen LogP contribution in [0.3, 0.4) is 0 Å². The molecule has 4 heteroatoms.